The molecule has 0 aliphatic carbocycles. The summed E-state index contributed by atoms with van der Waals surface area (Å²) < 4.78 is 5.32. The molecule has 2 rings (SSSR count). The number of carbonyl (C=O) groups is 1. The third-order valence-corrected chi connectivity index (χ3v) is 2.76. The van der Waals surface area contributed by atoms with Crippen molar-refractivity contribution in [1.82, 2.24) is 0 Å². The van der Waals surface area contributed by atoms with Gasteiger partial charge in [-0.2, -0.15) is 0 Å². The second-order valence-electron chi connectivity index (χ2n) is 5.00. The Labute approximate surface area is 114 Å². The van der Waals surface area contributed by atoms with Gasteiger partial charge in [-0.3, -0.25) is 0 Å². The lowest BCUT2D eigenvalue weighted by Crippen LogP contribution is -2.09. The van der Waals surface area contributed by atoms with Crippen LogP contribution >= 0.6 is 0 Å². The van der Waals surface area contributed by atoms with Crippen LogP contribution < -0.4 is 4.74 Å². The highest BCUT2D eigenvalue weighted by molar-refractivity contribution is 5.91. The minimum absolute atomic E-state index is 0.309. The number of rotatable bonds is 4. The topological polar surface area (TPSA) is 26.3 Å². The second-order valence-corrected chi connectivity index (χ2v) is 5.00. The van der Waals surface area contributed by atoms with E-state index in [1.54, 1.807) is 18.2 Å². The molecule has 2 nitrogen and oxygen atoms in total. The summed E-state index contributed by atoms with van der Waals surface area (Å²) in [5, 5.41) is 0. The molecule has 0 fully saturated rings. The molecule has 0 radical (unpaired) electrons. The van der Waals surface area contributed by atoms with Crippen molar-refractivity contribution in [1.29, 1.82) is 0 Å². The molecule has 0 saturated carbocycles. The first-order valence-electron chi connectivity index (χ1n) is 6.51. The molecule has 0 amide bonds. The van der Waals surface area contributed by atoms with Crippen LogP contribution in [-0.4, -0.2) is 5.97 Å². The third-order valence-electron chi connectivity index (χ3n) is 2.76. The van der Waals surface area contributed by atoms with E-state index in [0.717, 1.165) is 12.0 Å². The Morgan fingerprint density at radius 1 is 1.05 bits per heavy atom. The molecule has 0 heterocycles. The van der Waals surface area contributed by atoms with E-state index >= 15 is 0 Å². The van der Waals surface area contributed by atoms with Crippen LogP contribution in [0.15, 0.2) is 54.6 Å². The molecule has 0 atom stereocenters. The summed E-state index contributed by atoms with van der Waals surface area (Å²) in [5.74, 6) is 0.832. The Balaban J connectivity index is 2.11. The van der Waals surface area contributed by atoms with Gasteiger partial charge < -0.3 is 4.74 Å². The molecule has 2 aromatic carbocycles. The highest BCUT2D eigenvalue weighted by atomic mass is 16.5. The Morgan fingerprint density at radius 2 is 1.79 bits per heavy atom. The molecule has 0 unspecified atom stereocenters. The van der Waals surface area contributed by atoms with Gasteiger partial charge in [0.15, 0.2) is 0 Å². The quantitative estimate of drug-likeness (QED) is 0.606. The van der Waals surface area contributed by atoms with Crippen LogP contribution in [0.5, 0.6) is 5.75 Å². The van der Waals surface area contributed by atoms with E-state index < -0.39 is 0 Å². The molecule has 2 aromatic rings. The maximum Gasteiger partial charge on any atom is 0.343 e. The number of ether oxygens (including phenoxy) is 1. The van der Waals surface area contributed by atoms with Crippen LogP contribution in [-0.2, 0) is 6.42 Å². The summed E-state index contributed by atoms with van der Waals surface area (Å²) in [4.78, 5) is 12.0. The highest BCUT2D eigenvalue weighted by Crippen LogP contribution is 2.14. The number of carbonyl (C=O) groups excluding carboxylic acids is 1. The van der Waals surface area contributed by atoms with Crippen LogP contribution in [0.1, 0.15) is 29.8 Å². The van der Waals surface area contributed by atoms with Gasteiger partial charge >= 0.3 is 5.97 Å². The first-order valence-corrected chi connectivity index (χ1v) is 6.51. The minimum Gasteiger partial charge on any atom is -0.423 e. The molecule has 0 aromatic heterocycles. The molecule has 19 heavy (non-hydrogen) atoms. The Hall–Kier alpha value is -2.09. The summed E-state index contributed by atoms with van der Waals surface area (Å²) >= 11 is 0. The van der Waals surface area contributed by atoms with Crippen LogP contribution in [0.3, 0.4) is 0 Å². The van der Waals surface area contributed by atoms with Gasteiger partial charge in [0.1, 0.15) is 5.75 Å². The van der Waals surface area contributed by atoms with Gasteiger partial charge in [-0.1, -0.05) is 44.2 Å². The number of para-hydroxylation sites is 1. The number of benzene rings is 2. The smallest absolute Gasteiger partial charge is 0.343 e. The zero-order chi connectivity index (χ0) is 13.7. The molecule has 0 bridgehead atoms. The van der Waals surface area contributed by atoms with Crippen LogP contribution in [0.4, 0.5) is 0 Å². The first-order chi connectivity index (χ1) is 9.15. The Bertz CT molecular complexity index is 544. The molecular formula is C17H18O2. The second kappa shape index (κ2) is 6.19. The lowest BCUT2D eigenvalue weighted by atomic mass is 10.0. The van der Waals surface area contributed by atoms with Gasteiger partial charge in [0.05, 0.1) is 5.56 Å². The van der Waals surface area contributed by atoms with Crippen molar-refractivity contribution < 1.29 is 9.53 Å². The van der Waals surface area contributed by atoms with Crippen LogP contribution in [0.25, 0.3) is 0 Å². The van der Waals surface area contributed by atoms with Gasteiger partial charge in [-0.15, -0.1) is 0 Å². The van der Waals surface area contributed by atoms with E-state index in [1.807, 2.05) is 36.4 Å². The molecule has 98 valence electrons. The van der Waals surface area contributed by atoms with Crippen molar-refractivity contribution in [2.75, 3.05) is 0 Å². The summed E-state index contributed by atoms with van der Waals surface area (Å²) in [6, 6.07) is 16.8. The van der Waals surface area contributed by atoms with Gasteiger partial charge in [0.25, 0.3) is 0 Å². The molecule has 0 N–H and O–H groups in total. The average molecular weight is 254 g/mol. The van der Waals surface area contributed by atoms with Crippen molar-refractivity contribution in [3.63, 3.8) is 0 Å². The minimum atomic E-state index is -0.309. The summed E-state index contributed by atoms with van der Waals surface area (Å²) in [5.41, 5.74) is 1.76. The van der Waals surface area contributed by atoms with Crippen molar-refractivity contribution in [2.45, 2.75) is 20.3 Å². The Morgan fingerprint density at radius 3 is 2.47 bits per heavy atom. The number of hydrogen-bond donors (Lipinski definition) is 0. The van der Waals surface area contributed by atoms with Gasteiger partial charge in [-0.05, 0) is 42.2 Å². The van der Waals surface area contributed by atoms with E-state index in [4.69, 9.17) is 4.74 Å². The molecule has 0 aliphatic heterocycles. The maximum absolute atomic E-state index is 12.0. The molecule has 2 heteroatoms. The van der Waals surface area contributed by atoms with E-state index in [2.05, 4.69) is 13.8 Å². The van der Waals surface area contributed by atoms with E-state index in [9.17, 15) is 4.79 Å². The summed E-state index contributed by atoms with van der Waals surface area (Å²) in [6.07, 6.45) is 0.965. The molecule has 0 saturated heterocycles. The van der Waals surface area contributed by atoms with Crippen molar-refractivity contribution >= 4 is 5.97 Å². The maximum atomic E-state index is 12.0. The highest BCUT2D eigenvalue weighted by Gasteiger charge is 2.09. The molecule has 0 aliphatic rings. The van der Waals surface area contributed by atoms with E-state index in [1.165, 1.54) is 0 Å². The van der Waals surface area contributed by atoms with Gasteiger partial charge in [-0.25, -0.2) is 4.79 Å². The van der Waals surface area contributed by atoms with Crippen LogP contribution in [0, 0.1) is 5.92 Å². The van der Waals surface area contributed by atoms with E-state index in [0.29, 0.717) is 17.2 Å². The van der Waals surface area contributed by atoms with Crippen molar-refractivity contribution in [2.24, 2.45) is 5.92 Å². The first kappa shape index (κ1) is 13.3. The number of esters is 1. The van der Waals surface area contributed by atoms with Crippen molar-refractivity contribution in [3.8, 4) is 5.75 Å². The zero-order valence-electron chi connectivity index (χ0n) is 11.3. The largest absolute Gasteiger partial charge is 0.423 e. The fraction of sp³-hybridized carbons (Fsp3) is 0.235. The predicted octanol–water partition coefficient (Wildman–Crippen LogP) is 4.10. The molecule has 0 spiro atoms. The predicted molar refractivity (Wildman–Crippen MR) is 76.4 cm³/mol. The fourth-order valence-corrected chi connectivity index (χ4v) is 1.95. The van der Waals surface area contributed by atoms with Gasteiger partial charge in [0, 0.05) is 0 Å². The van der Waals surface area contributed by atoms with Crippen molar-refractivity contribution in [3.05, 3.63) is 65.7 Å². The third kappa shape index (κ3) is 3.95. The van der Waals surface area contributed by atoms with Crippen LogP contribution in [0.2, 0.25) is 0 Å². The average Bonchev–Trinajstić information content (AvgIpc) is 2.39. The monoisotopic (exact) mass is 254 g/mol. The molecular weight excluding hydrogens is 236 g/mol. The number of hydrogen-bond acceptors (Lipinski definition) is 2. The zero-order valence-corrected chi connectivity index (χ0v) is 11.3. The summed E-state index contributed by atoms with van der Waals surface area (Å²) in [6.45, 7) is 4.32. The fourth-order valence-electron chi connectivity index (χ4n) is 1.95. The Kier molecular flexibility index (Phi) is 4.35. The lowest BCUT2D eigenvalue weighted by molar-refractivity contribution is 0.0734. The standard InChI is InChI=1S/C17H18O2/c1-13(2)11-14-7-6-8-15(12-14)17(18)19-16-9-4-3-5-10-16/h3-10,12-13H,11H2,1-2H3. The SMILES string of the molecule is CC(C)Cc1cccc(C(=O)Oc2ccccc2)c1. The normalized spacial score (nSPS) is 10.5. The van der Waals surface area contributed by atoms with E-state index in [-0.39, 0.29) is 5.97 Å². The van der Waals surface area contributed by atoms with Gasteiger partial charge in [0.2, 0.25) is 0 Å². The summed E-state index contributed by atoms with van der Waals surface area (Å²) in [7, 11) is 0. The lowest BCUT2D eigenvalue weighted by Gasteiger charge is -2.07.